The molecule has 1 aromatic heterocycles. The molecule has 2 aliphatic heterocycles. The van der Waals surface area contributed by atoms with Crippen LogP contribution in [0.4, 0.5) is 8.78 Å². The van der Waals surface area contributed by atoms with E-state index >= 15 is 0 Å². The lowest BCUT2D eigenvalue weighted by atomic mass is 10.1. The van der Waals surface area contributed by atoms with Gasteiger partial charge in [0.05, 0.1) is 31.8 Å². The van der Waals surface area contributed by atoms with Gasteiger partial charge >= 0.3 is 0 Å². The molecule has 0 saturated carbocycles. The Bertz CT molecular complexity index is 578. The summed E-state index contributed by atoms with van der Waals surface area (Å²) in [5.74, 6) is -2.61. The van der Waals surface area contributed by atoms with Crippen molar-refractivity contribution in [3.63, 3.8) is 0 Å². The predicted octanol–water partition coefficient (Wildman–Crippen LogP) is 1.36. The number of likely N-dealkylation sites (tertiary alicyclic amines) is 1. The van der Waals surface area contributed by atoms with Gasteiger partial charge < -0.3 is 9.64 Å². The van der Waals surface area contributed by atoms with Crippen molar-refractivity contribution in [2.75, 3.05) is 33.4 Å². The van der Waals surface area contributed by atoms with E-state index in [1.54, 1.807) is 18.2 Å². The standard InChI is InChI=1S/C16H24F2N4O2/c1-24-9-4-15(23)21-11-14-2-6-19-22(14)7-3-13(21)10-20-8-5-16(17,18)12-20/h2,6,13H,3-5,7-12H2,1H3. The van der Waals surface area contributed by atoms with Crippen LogP contribution < -0.4 is 0 Å². The van der Waals surface area contributed by atoms with Gasteiger partial charge in [-0.2, -0.15) is 5.10 Å². The number of carbonyl (C=O) groups excluding carboxylic acids is 1. The lowest BCUT2D eigenvalue weighted by Gasteiger charge is -2.32. The van der Waals surface area contributed by atoms with E-state index in [0.717, 1.165) is 12.1 Å². The molecule has 1 unspecified atom stereocenters. The first-order valence-corrected chi connectivity index (χ1v) is 8.38. The van der Waals surface area contributed by atoms with E-state index in [0.29, 0.717) is 39.2 Å². The molecule has 24 heavy (non-hydrogen) atoms. The van der Waals surface area contributed by atoms with Gasteiger partial charge in [0.1, 0.15) is 0 Å². The Hall–Kier alpha value is -1.54. The molecule has 8 heteroatoms. The summed E-state index contributed by atoms with van der Waals surface area (Å²) in [6.45, 7) is 2.19. The van der Waals surface area contributed by atoms with Gasteiger partial charge in [0, 0.05) is 45.4 Å². The third-order valence-electron chi connectivity index (χ3n) is 4.81. The van der Waals surface area contributed by atoms with Gasteiger partial charge in [-0.05, 0) is 12.5 Å². The Kier molecular flexibility index (Phi) is 5.15. The molecule has 1 atom stereocenters. The monoisotopic (exact) mass is 342 g/mol. The van der Waals surface area contributed by atoms with Crippen LogP contribution in [0.1, 0.15) is 25.0 Å². The molecule has 0 aliphatic carbocycles. The van der Waals surface area contributed by atoms with E-state index in [2.05, 4.69) is 5.10 Å². The quantitative estimate of drug-likeness (QED) is 0.811. The number of ether oxygens (including phenoxy) is 1. The summed E-state index contributed by atoms with van der Waals surface area (Å²) in [6.07, 6.45) is 2.65. The molecule has 1 saturated heterocycles. The minimum absolute atomic E-state index is 0.00228. The van der Waals surface area contributed by atoms with Crippen molar-refractivity contribution in [2.24, 2.45) is 0 Å². The highest BCUT2D eigenvalue weighted by molar-refractivity contribution is 5.76. The van der Waals surface area contributed by atoms with E-state index in [1.165, 1.54) is 0 Å². The van der Waals surface area contributed by atoms with Crippen molar-refractivity contribution in [3.8, 4) is 0 Å². The molecule has 0 bridgehead atoms. The van der Waals surface area contributed by atoms with Gasteiger partial charge in [-0.25, -0.2) is 8.78 Å². The zero-order valence-corrected chi connectivity index (χ0v) is 14.0. The number of aromatic nitrogens is 2. The highest BCUT2D eigenvalue weighted by Gasteiger charge is 2.40. The molecule has 0 spiro atoms. The van der Waals surface area contributed by atoms with Crippen LogP contribution >= 0.6 is 0 Å². The maximum absolute atomic E-state index is 13.5. The van der Waals surface area contributed by atoms with Crippen LogP contribution in [0.3, 0.4) is 0 Å². The first-order chi connectivity index (χ1) is 11.5. The molecular weight excluding hydrogens is 318 g/mol. The zero-order valence-electron chi connectivity index (χ0n) is 14.0. The number of methoxy groups -OCH3 is 1. The Balaban J connectivity index is 1.72. The second-order valence-corrected chi connectivity index (χ2v) is 6.59. The summed E-state index contributed by atoms with van der Waals surface area (Å²) in [5.41, 5.74) is 0.981. The smallest absolute Gasteiger partial charge is 0.261 e. The van der Waals surface area contributed by atoms with Gasteiger partial charge in [-0.15, -0.1) is 0 Å². The van der Waals surface area contributed by atoms with E-state index in [-0.39, 0.29) is 24.9 Å². The zero-order chi connectivity index (χ0) is 17.2. The third kappa shape index (κ3) is 3.92. The van der Waals surface area contributed by atoms with Gasteiger partial charge in [0.15, 0.2) is 0 Å². The van der Waals surface area contributed by atoms with Gasteiger partial charge in [-0.1, -0.05) is 0 Å². The molecule has 3 heterocycles. The minimum Gasteiger partial charge on any atom is -0.384 e. The largest absolute Gasteiger partial charge is 0.384 e. The number of hydrogen-bond donors (Lipinski definition) is 0. The van der Waals surface area contributed by atoms with E-state index in [4.69, 9.17) is 4.74 Å². The summed E-state index contributed by atoms with van der Waals surface area (Å²) in [7, 11) is 1.56. The lowest BCUT2D eigenvalue weighted by Crippen LogP contribution is -2.46. The fourth-order valence-corrected chi connectivity index (χ4v) is 3.50. The molecule has 6 nitrogen and oxygen atoms in total. The number of fused-ring (bicyclic) bond motifs is 1. The maximum atomic E-state index is 13.5. The van der Waals surface area contributed by atoms with E-state index < -0.39 is 5.92 Å². The summed E-state index contributed by atoms with van der Waals surface area (Å²) in [5, 5.41) is 4.28. The van der Waals surface area contributed by atoms with E-state index in [9.17, 15) is 13.6 Å². The number of halogens is 2. The number of carbonyl (C=O) groups is 1. The molecular formula is C16H24F2N4O2. The highest BCUT2D eigenvalue weighted by atomic mass is 19.3. The summed E-state index contributed by atoms with van der Waals surface area (Å²) in [6, 6.07) is 1.83. The molecule has 134 valence electrons. The van der Waals surface area contributed by atoms with Crippen LogP contribution in [0.5, 0.6) is 0 Å². The topological polar surface area (TPSA) is 50.6 Å². The van der Waals surface area contributed by atoms with Crippen LogP contribution in [0.15, 0.2) is 12.3 Å². The second kappa shape index (κ2) is 7.14. The van der Waals surface area contributed by atoms with Crippen molar-refractivity contribution in [3.05, 3.63) is 18.0 Å². The molecule has 0 radical (unpaired) electrons. The van der Waals surface area contributed by atoms with Gasteiger partial charge in [-0.3, -0.25) is 14.4 Å². The number of hydrogen-bond acceptors (Lipinski definition) is 4. The number of alkyl halides is 2. The number of aryl methyl sites for hydroxylation is 1. The second-order valence-electron chi connectivity index (χ2n) is 6.59. The Morgan fingerprint density at radius 1 is 1.46 bits per heavy atom. The highest BCUT2D eigenvalue weighted by Crippen LogP contribution is 2.28. The Morgan fingerprint density at radius 2 is 2.29 bits per heavy atom. The Labute approximate surface area is 140 Å². The normalized spacial score (nSPS) is 24.0. The maximum Gasteiger partial charge on any atom is 0.261 e. The summed E-state index contributed by atoms with van der Waals surface area (Å²) < 4.78 is 33.8. The molecule has 1 amide bonds. The number of amides is 1. The average Bonchev–Trinajstić information content (AvgIpc) is 3.08. The van der Waals surface area contributed by atoms with Crippen LogP contribution in [0.25, 0.3) is 0 Å². The molecule has 1 fully saturated rings. The summed E-state index contributed by atoms with van der Waals surface area (Å²) in [4.78, 5) is 16.2. The van der Waals surface area contributed by atoms with Crippen molar-refractivity contribution in [2.45, 2.75) is 44.3 Å². The average molecular weight is 342 g/mol. The van der Waals surface area contributed by atoms with Crippen molar-refractivity contribution >= 4 is 5.91 Å². The van der Waals surface area contributed by atoms with Crippen molar-refractivity contribution in [1.29, 1.82) is 0 Å². The Morgan fingerprint density at radius 3 is 3.00 bits per heavy atom. The van der Waals surface area contributed by atoms with Gasteiger partial charge in [0.25, 0.3) is 5.92 Å². The number of nitrogens with zero attached hydrogens (tertiary/aromatic N) is 4. The molecule has 2 aliphatic rings. The third-order valence-corrected chi connectivity index (χ3v) is 4.81. The van der Waals surface area contributed by atoms with Crippen molar-refractivity contribution in [1.82, 2.24) is 19.6 Å². The van der Waals surface area contributed by atoms with Crippen LogP contribution in [-0.2, 0) is 22.6 Å². The lowest BCUT2D eigenvalue weighted by molar-refractivity contribution is -0.135. The van der Waals surface area contributed by atoms with Gasteiger partial charge in [0.2, 0.25) is 5.91 Å². The van der Waals surface area contributed by atoms with Crippen molar-refractivity contribution < 1.29 is 18.3 Å². The van der Waals surface area contributed by atoms with Crippen LogP contribution in [0, 0.1) is 0 Å². The van der Waals surface area contributed by atoms with E-state index in [1.807, 2.05) is 15.6 Å². The SMILES string of the molecule is COCCC(=O)N1Cc2ccnn2CCC1CN1CCC(F)(F)C1. The number of rotatable bonds is 5. The molecule has 3 rings (SSSR count). The fourth-order valence-electron chi connectivity index (χ4n) is 3.50. The summed E-state index contributed by atoms with van der Waals surface area (Å²) >= 11 is 0. The van der Waals surface area contributed by atoms with Crippen LogP contribution in [-0.4, -0.2) is 70.8 Å². The fraction of sp³-hybridized carbons (Fsp3) is 0.750. The predicted molar refractivity (Wildman–Crippen MR) is 83.7 cm³/mol. The first-order valence-electron chi connectivity index (χ1n) is 8.38. The minimum atomic E-state index is -2.61. The molecule has 1 aromatic rings. The molecule has 0 aromatic carbocycles. The van der Waals surface area contributed by atoms with Crippen LogP contribution in [0.2, 0.25) is 0 Å². The first kappa shape index (κ1) is 17.3. The molecule has 0 N–H and O–H groups in total.